The quantitative estimate of drug-likeness (QED) is 0.651. The van der Waals surface area contributed by atoms with Gasteiger partial charge in [0.25, 0.3) is 0 Å². The van der Waals surface area contributed by atoms with Crippen LogP contribution in [0, 0.1) is 0 Å². The predicted molar refractivity (Wildman–Crippen MR) is 52.8 cm³/mol. The molecule has 1 atom stereocenters. The molecule has 84 valence electrons. The van der Waals surface area contributed by atoms with E-state index in [1.54, 1.807) is 20.8 Å². The van der Waals surface area contributed by atoms with E-state index in [0.29, 0.717) is 12.8 Å². The van der Waals surface area contributed by atoms with Gasteiger partial charge in [-0.1, -0.05) is 0 Å². The highest BCUT2D eigenvalue weighted by atomic mass is 16.6. The number of ether oxygens (including phenoxy) is 1. The number of hydrogen-bond donors (Lipinski definition) is 2. The van der Waals surface area contributed by atoms with Gasteiger partial charge in [-0.25, -0.2) is 0 Å². The minimum Gasteiger partial charge on any atom is -0.460 e. The van der Waals surface area contributed by atoms with Gasteiger partial charge in [0.1, 0.15) is 5.60 Å². The van der Waals surface area contributed by atoms with Crippen LogP contribution in [0.3, 0.4) is 0 Å². The third-order valence-electron chi connectivity index (χ3n) is 1.56. The van der Waals surface area contributed by atoms with Gasteiger partial charge in [0.15, 0.2) is 0 Å². The molecule has 0 spiro atoms. The zero-order valence-electron chi connectivity index (χ0n) is 9.12. The van der Waals surface area contributed by atoms with Crippen molar-refractivity contribution in [2.45, 2.75) is 51.7 Å². The Morgan fingerprint density at radius 3 is 2.36 bits per heavy atom. The lowest BCUT2D eigenvalue weighted by Crippen LogP contribution is -2.24. The molecule has 4 nitrogen and oxygen atoms in total. The maximum atomic E-state index is 11.2. The number of aliphatic hydroxyl groups is 2. The minimum absolute atomic E-state index is 0.0600. The van der Waals surface area contributed by atoms with Crippen molar-refractivity contribution in [2.24, 2.45) is 0 Å². The highest BCUT2D eigenvalue weighted by Crippen LogP contribution is 2.10. The molecule has 0 aromatic carbocycles. The lowest BCUT2D eigenvalue weighted by atomic mass is 10.1. The van der Waals surface area contributed by atoms with Crippen LogP contribution in [0.5, 0.6) is 0 Å². The van der Waals surface area contributed by atoms with E-state index in [2.05, 4.69) is 0 Å². The lowest BCUT2D eigenvalue weighted by Gasteiger charge is -2.19. The normalized spacial score (nSPS) is 13.8. The molecule has 0 amide bonds. The maximum absolute atomic E-state index is 11.2. The predicted octanol–water partition coefficient (Wildman–Crippen LogP) is 0.852. The summed E-state index contributed by atoms with van der Waals surface area (Å²) in [5.41, 5.74) is -0.473. The fourth-order valence-corrected chi connectivity index (χ4v) is 0.970. The smallest absolute Gasteiger partial charge is 0.306 e. The zero-order valence-corrected chi connectivity index (χ0v) is 9.12. The number of aliphatic hydroxyl groups excluding tert-OH is 2. The minimum atomic E-state index is -0.618. The standard InChI is InChI=1S/C10H20O4/c1-10(2,3)14-9(13)5-4-8(12)6-7-11/h8,11-12H,4-7H2,1-3H3. The Morgan fingerprint density at radius 1 is 1.36 bits per heavy atom. The van der Waals surface area contributed by atoms with Gasteiger partial charge in [-0.2, -0.15) is 0 Å². The van der Waals surface area contributed by atoms with Gasteiger partial charge < -0.3 is 14.9 Å². The molecule has 0 heterocycles. The van der Waals surface area contributed by atoms with Crippen molar-refractivity contribution in [3.63, 3.8) is 0 Å². The Labute approximate surface area is 84.9 Å². The second-order valence-corrected chi connectivity index (χ2v) is 4.29. The third kappa shape index (κ3) is 8.01. The third-order valence-corrected chi connectivity index (χ3v) is 1.56. The van der Waals surface area contributed by atoms with Gasteiger partial charge in [-0.05, 0) is 33.6 Å². The van der Waals surface area contributed by atoms with E-state index in [0.717, 1.165) is 0 Å². The monoisotopic (exact) mass is 204 g/mol. The van der Waals surface area contributed by atoms with Crippen molar-refractivity contribution in [2.75, 3.05) is 6.61 Å². The van der Waals surface area contributed by atoms with Crippen molar-refractivity contribution >= 4 is 5.97 Å². The van der Waals surface area contributed by atoms with Crippen LogP contribution in [0.4, 0.5) is 0 Å². The fraction of sp³-hybridized carbons (Fsp3) is 0.900. The summed E-state index contributed by atoms with van der Waals surface area (Å²) in [4.78, 5) is 11.2. The van der Waals surface area contributed by atoms with Crippen LogP contribution in [0.2, 0.25) is 0 Å². The number of hydrogen-bond acceptors (Lipinski definition) is 4. The van der Waals surface area contributed by atoms with Crippen molar-refractivity contribution in [1.82, 2.24) is 0 Å². The number of carbonyl (C=O) groups is 1. The van der Waals surface area contributed by atoms with Crippen molar-refractivity contribution in [3.05, 3.63) is 0 Å². The van der Waals surface area contributed by atoms with E-state index in [9.17, 15) is 9.90 Å². The van der Waals surface area contributed by atoms with Gasteiger partial charge in [0, 0.05) is 13.0 Å². The van der Waals surface area contributed by atoms with Gasteiger partial charge >= 0.3 is 5.97 Å². The fourth-order valence-electron chi connectivity index (χ4n) is 0.970. The summed E-state index contributed by atoms with van der Waals surface area (Å²) in [6, 6.07) is 0. The van der Waals surface area contributed by atoms with Crippen molar-refractivity contribution in [1.29, 1.82) is 0 Å². The SMILES string of the molecule is CC(C)(C)OC(=O)CCC(O)CCO. The van der Waals surface area contributed by atoms with E-state index in [4.69, 9.17) is 9.84 Å². The highest BCUT2D eigenvalue weighted by molar-refractivity contribution is 5.69. The summed E-state index contributed by atoms with van der Waals surface area (Å²) in [5, 5.41) is 17.7. The molecule has 0 bridgehead atoms. The molecule has 0 aliphatic heterocycles. The molecule has 0 rings (SSSR count). The summed E-state index contributed by atoms with van der Waals surface area (Å²) in [7, 11) is 0. The number of rotatable bonds is 5. The van der Waals surface area contributed by atoms with Crippen molar-refractivity contribution < 1.29 is 19.7 Å². The van der Waals surface area contributed by atoms with Gasteiger partial charge in [0.2, 0.25) is 0 Å². The Hall–Kier alpha value is -0.610. The highest BCUT2D eigenvalue weighted by Gasteiger charge is 2.16. The van der Waals surface area contributed by atoms with E-state index >= 15 is 0 Å². The molecule has 0 aliphatic carbocycles. The Kier molecular flexibility index (Phi) is 5.72. The molecule has 0 saturated carbocycles. The molecule has 2 N–H and O–H groups in total. The van der Waals surface area contributed by atoms with Gasteiger partial charge in [-0.15, -0.1) is 0 Å². The van der Waals surface area contributed by atoms with E-state index in [1.807, 2.05) is 0 Å². The zero-order chi connectivity index (χ0) is 11.2. The molecule has 0 aromatic rings. The first-order valence-corrected chi connectivity index (χ1v) is 4.86. The second-order valence-electron chi connectivity index (χ2n) is 4.29. The average molecular weight is 204 g/mol. The molecule has 0 fully saturated rings. The van der Waals surface area contributed by atoms with E-state index in [-0.39, 0.29) is 19.0 Å². The molecule has 4 heteroatoms. The maximum Gasteiger partial charge on any atom is 0.306 e. The van der Waals surface area contributed by atoms with Crippen LogP contribution in [0.25, 0.3) is 0 Å². The largest absolute Gasteiger partial charge is 0.460 e. The van der Waals surface area contributed by atoms with Crippen molar-refractivity contribution in [3.8, 4) is 0 Å². The average Bonchev–Trinajstić information content (AvgIpc) is 1.98. The topological polar surface area (TPSA) is 66.8 Å². The first-order chi connectivity index (χ1) is 6.35. The van der Waals surface area contributed by atoms with Crippen LogP contribution in [-0.4, -0.2) is 34.5 Å². The Bertz CT molecular complexity index is 171. The van der Waals surface area contributed by atoms with E-state index in [1.165, 1.54) is 0 Å². The molecule has 14 heavy (non-hydrogen) atoms. The summed E-state index contributed by atoms with van der Waals surface area (Å²) >= 11 is 0. The molecular formula is C10H20O4. The summed E-state index contributed by atoms with van der Waals surface area (Å²) in [6.07, 6.45) is 0.226. The molecule has 1 unspecified atom stereocenters. The first-order valence-electron chi connectivity index (χ1n) is 4.86. The van der Waals surface area contributed by atoms with Crippen LogP contribution >= 0.6 is 0 Å². The van der Waals surface area contributed by atoms with Crippen LogP contribution < -0.4 is 0 Å². The first kappa shape index (κ1) is 13.4. The summed E-state index contributed by atoms with van der Waals surface area (Å²) in [6.45, 7) is 5.34. The Balaban J connectivity index is 3.64. The number of carbonyl (C=O) groups excluding carboxylic acids is 1. The molecule has 0 radical (unpaired) electrons. The Morgan fingerprint density at radius 2 is 1.93 bits per heavy atom. The molecule has 0 aliphatic rings. The van der Waals surface area contributed by atoms with Gasteiger partial charge in [-0.3, -0.25) is 4.79 Å². The summed E-state index contributed by atoms with van der Waals surface area (Å²) in [5.74, 6) is -0.311. The molecule has 0 aromatic heterocycles. The molecule has 0 saturated heterocycles. The summed E-state index contributed by atoms with van der Waals surface area (Å²) < 4.78 is 5.05. The second kappa shape index (κ2) is 5.98. The van der Waals surface area contributed by atoms with Crippen LogP contribution in [0.1, 0.15) is 40.0 Å². The van der Waals surface area contributed by atoms with Crippen LogP contribution in [0.15, 0.2) is 0 Å². The van der Waals surface area contributed by atoms with E-state index < -0.39 is 11.7 Å². The van der Waals surface area contributed by atoms with Crippen LogP contribution in [-0.2, 0) is 9.53 Å². The molecular weight excluding hydrogens is 184 g/mol. The van der Waals surface area contributed by atoms with Gasteiger partial charge in [0.05, 0.1) is 6.10 Å². The number of esters is 1. The lowest BCUT2D eigenvalue weighted by molar-refractivity contribution is -0.155.